The second-order valence-electron chi connectivity index (χ2n) is 6.19. The molecule has 0 bridgehead atoms. The first-order valence-corrected chi connectivity index (χ1v) is 10.7. The van der Waals surface area contributed by atoms with Crippen molar-refractivity contribution in [3.63, 3.8) is 0 Å². The van der Waals surface area contributed by atoms with Crippen LogP contribution in [-0.2, 0) is 14.8 Å². The van der Waals surface area contributed by atoms with E-state index in [1.807, 2.05) is 17.5 Å². The second-order valence-corrected chi connectivity index (χ2v) is 9.05. The number of nitrogens with one attached hydrogen (secondary N) is 1. The molecule has 26 heavy (non-hydrogen) atoms. The predicted molar refractivity (Wildman–Crippen MR) is 101 cm³/mol. The molecule has 0 atom stereocenters. The zero-order valence-electron chi connectivity index (χ0n) is 14.8. The molecule has 9 heteroatoms. The smallest absolute Gasteiger partial charge is 0.246 e. The van der Waals surface area contributed by atoms with E-state index in [-0.39, 0.29) is 17.3 Å². The number of hydrogen-bond donors (Lipinski definition) is 1. The van der Waals surface area contributed by atoms with Gasteiger partial charge in [-0.05, 0) is 37.8 Å². The van der Waals surface area contributed by atoms with Crippen molar-refractivity contribution in [2.45, 2.75) is 25.2 Å². The molecule has 3 heterocycles. The first-order valence-electron chi connectivity index (χ1n) is 8.42. The topological polar surface area (TPSA) is 86.4 Å². The highest BCUT2D eigenvalue weighted by molar-refractivity contribution is 7.89. The van der Waals surface area contributed by atoms with Gasteiger partial charge in [-0.15, -0.1) is 11.3 Å². The minimum Gasteiger partial charge on any atom is -0.338 e. The highest BCUT2D eigenvalue weighted by Crippen LogP contribution is 2.23. The van der Waals surface area contributed by atoms with Gasteiger partial charge in [0.15, 0.2) is 0 Å². The summed E-state index contributed by atoms with van der Waals surface area (Å²) in [6.07, 6.45) is 3.96. The van der Waals surface area contributed by atoms with Gasteiger partial charge in [-0.2, -0.15) is 9.40 Å². The number of hydrogen-bond acceptors (Lipinski definition) is 5. The molecule has 1 amide bonds. The summed E-state index contributed by atoms with van der Waals surface area (Å²) >= 11 is 1.57. The standard InChI is InChI=1S/C17H22N4O3S2/c1-13-17(14(2)19-18-13)26(23,24)21-9-4-8-20(10-11-21)16(22)7-6-15-5-3-12-25-15/h3,5-7,12H,4,8-11H2,1-2H3,(H,18,19). The van der Waals surface area contributed by atoms with Crippen LogP contribution in [0.15, 0.2) is 28.5 Å². The number of nitrogens with zero attached hydrogens (tertiary/aromatic N) is 3. The van der Waals surface area contributed by atoms with Gasteiger partial charge in [-0.1, -0.05) is 6.07 Å². The molecule has 7 nitrogen and oxygen atoms in total. The Morgan fingerprint density at radius 2 is 2.08 bits per heavy atom. The molecule has 1 aliphatic heterocycles. The van der Waals surface area contributed by atoms with Crippen molar-refractivity contribution in [3.05, 3.63) is 39.9 Å². The van der Waals surface area contributed by atoms with E-state index in [1.165, 1.54) is 4.31 Å². The predicted octanol–water partition coefficient (Wildman–Crippen LogP) is 2.02. The number of sulfonamides is 1. The van der Waals surface area contributed by atoms with E-state index >= 15 is 0 Å². The summed E-state index contributed by atoms with van der Waals surface area (Å²) in [6.45, 7) is 4.98. The summed E-state index contributed by atoms with van der Waals surface area (Å²) < 4.78 is 27.4. The molecule has 3 rings (SSSR count). The zero-order valence-corrected chi connectivity index (χ0v) is 16.4. The van der Waals surface area contributed by atoms with E-state index in [4.69, 9.17) is 0 Å². The average Bonchev–Trinajstić information content (AvgIpc) is 3.15. The molecule has 0 spiro atoms. The molecule has 1 fully saturated rings. The van der Waals surface area contributed by atoms with E-state index in [0.29, 0.717) is 37.4 Å². The third-order valence-corrected chi connectivity index (χ3v) is 7.36. The largest absolute Gasteiger partial charge is 0.338 e. The van der Waals surface area contributed by atoms with Crippen LogP contribution < -0.4 is 0 Å². The van der Waals surface area contributed by atoms with Crippen molar-refractivity contribution < 1.29 is 13.2 Å². The molecule has 0 aromatic carbocycles. The van der Waals surface area contributed by atoms with E-state index in [1.54, 1.807) is 42.2 Å². The van der Waals surface area contributed by atoms with Gasteiger partial charge in [0.05, 0.1) is 11.4 Å². The molecule has 0 unspecified atom stereocenters. The number of aromatic nitrogens is 2. The van der Waals surface area contributed by atoms with Crippen LogP contribution >= 0.6 is 11.3 Å². The number of rotatable bonds is 4. The number of carbonyl (C=O) groups is 1. The fraction of sp³-hybridized carbons (Fsp3) is 0.412. The van der Waals surface area contributed by atoms with Crippen LogP contribution in [0.25, 0.3) is 6.08 Å². The van der Waals surface area contributed by atoms with Gasteiger partial charge >= 0.3 is 0 Å². The lowest BCUT2D eigenvalue weighted by molar-refractivity contribution is -0.125. The van der Waals surface area contributed by atoms with Crippen LogP contribution in [0.4, 0.5) is 0 Å². The number of aromatic amines is 1. The van der Waals surface area contributed by atoms with Gasteiger partial charge < -0.3 is 4.90 Å². The Bertz CT molecular complexity index is 881. The van der Waals surface area contributed by atoms with Crippen molar-refractivity contribution in [2.75, 3.05) is 26.2 Å². The van der Waals surface area contributed by atoms with E-state index < -0.39 is 10.0 Å². The summed E-state index contributed by atoms with van der Waals surface area (Å²) in [7, 11) is -3.61. The molecular weight excluding hydrogens is 372 g/mol. The number of thiophene rings is 1. The van der Waals surface area contributed by atoms with Crippen LogP contribution in [0.2, 0.25) is 0 Å². The van der Waals surface area contributed by atoms with Crippen molar-refractivity contribution in [1.29, 1.82) is 0 Å². The summed E-state index contributed by atoms with van der Waals surface area (Å²) in [5.74, 6) is -0.0895. The normalized spacial score (nSPS) is 16.9. The third-order valence-electron chi connectivity index (χ3n) is 4.36. The van der Waals surface area contributed by atoms with Gasteiger partial charge in [-0.3, -0.25) is 9.89 Å². The summed E-state index contributed by atoms with van der Waals surface area (Å²) in [6, 6.07) is 3.88. The van der Waals surface area contributed by atoms with Crippen LogP contribution in [0.5, 0.6) is 0 Å². The Labute approximate surface area is 157 Å². The van der Waals surface area contributed by atoms with E-state index in [9.17, 15) is 13.2 Å². The lowest BCUT2D eigenvalue weighted by Crippen LogP contribution is -2.37. The van der Waals surface area contributed by atoms with Crippen molar-refractivity contribution in [1.82, 2.24) is 19.4 Å². The Kier molecular flexibility index (Phi) is 5.59. The molecule has 1 saturated heterocycles. The molecule has 0 radical (unpaired) electrons. The van der Waals surface area contributed by atoms with Crippen molar-refractivity contribution in [2.24, 2.45) is 0 Å². The molecule has 2 aromatic rings. The van der Waals surface area contributed by atoms with Crippen LogP contribution in [0.3, 0.4) is 0 Å². The summed E-state index contributed by atoms with van der Waals surface area (Å²) in [4.78, 5) is 15.4. The molecule has 0 aliphatic carbocycles. The minimum absolute atomic E-state index is 0.0895. The average molecular weight is 395 g/mol. The maximum atomic E-state index is 13.0. The number of amides is 1. The third kappa shape index (κ3) is 3.89. The lowest BCUT2D eigenvalue weighted by Gasteiger charge is -2.21. The van der Waals surface area contributed by atoms with E-state index in [2.05, 4.69) is 10.2 Å². The Morgan fingerprint density at radius 1 is 1.27 bits per heavy atom. The molecule has 0 saturated carbocycles. The zero-order chi connectivity index (χ0) is 18.7. The molecular formula is C17H22N4O3S2. The highest BCUT2D eigenvalue weighted by atomic mass is 32.2. The van der Waals surface area contributed by atoms with Crippen LogP contribution in [-0.4, -0.2) is 59.9 Å². The van der Waals surface area contributed by atoms with Crippen LogP contribution in [0, 0.1) is 13.8 Å². The van der Waals surface area contributed by atoms with Gasteiger partial charge in [0.25, 0.3) is 0 Å². The first-order chi connectivity index (χ1) is 12.4. The number of H-pyrrole nitrogens is 1. The molecule has 140 valence electrons. The Morgan fingerprint density at radius 3 is 2.73 bits per heavy atom. The van der Waals surface area contributed by atoms with Gasteiger partial charge in [0, 0.05) is 37.1 Å². The second kappa shape index (κ2) is 7.73. The molecule has 1 N–H and O–H groups in total. The highest BCUT2D eigenvalue weighted by Gasteiger charge is 2.31. The maximum Gasteiger partial charge on any atom is 0.246 e. The SMILES string of the molecule is Cc1n[nH]c(C)c1S(=O)(=O)N1CCCN(C(=O)C=Cc2cccs2)CC1. The maximum absolute atomic E-state index is 13.0. The first kappa shape index (κ1) is 18.8. The monoisotopic (exact) mass is 394 g/mol. The van der Waals surface area contributed by atoms with Crippen molar-refractivity contribution in [3.8, 4) is 0 Å². The van der Waals surface area contributed by atoms with Crippen LogP contribution in [0.1, 0.15) is 22.7 Å². The summed E-state index contributed by atoms with van der Waals surface area (Å²) in [5, 5.41) is 8.67. The fourth-order valence-corrected chi connectivity index (χ4v) is 5.47. The summed E-state index contributed by atoms with van der Waals surface area (Å²) in [5.41, 5.74) is 1.01. The lowest BCUT2D eigenvalue weighted by atomic mass is 10.3. The fourth-order valence-electron chi connectivity index (χ4n) is 3.05. The minimum atomic E-state index is -3.61. The van der Waals surface area contributed by atoms with Crippen molar-refractivity contribution >= 4 is 33.3 Å². The number of carbonyl (C=O) groups excluding carboxylic acids is 1. The Hall–Kier alpha value is -1.97. The van der Waals surface area contributed by atoms with Gasteiger partial charge in [0.1, 0.15) is 4.90 Å². The van der Waals surface area contributed by atoms with Gasteiger partial charge in [0.2, 0.25) is 15.9 Å². The number of aryl methyl sites for hydroxylation is 2. The molecule has 1 aliphatic rings. The Balaban J connectivity index is 1.69. The molecule has 2 aromatic heterocycles. The van der Waals surface area contributed by atoms with E-state index in [0.717, 1.165) is 4.88 Å². The quantitative estimate of drug-likeness (QED) is 0.804. The van der Waals surface area contributed by atoms with Gasteiger partial charge in [-0.25, -0.2) is 8.42 Å².